The van der Waals surface area contributed by atoms with Gasteiger partial charge in [-0.05, 0) is 38.5 Å². The largest absolute Gasteiger partial charge is 0.444 e. The first-order chi connectivity index (χ1) is 11.2. The molecule has 3 N–H and O–H groups in total. The number of nitrogens with two attached hydrogens (primary N) is 1. The lowest BCUT2D eigenvalue weighted by atomic mass is 9.81. The SMILES string of the molecule is CC(C)(C)OC(=O)NCC(C)(CN)c1ccccc1-n1cccn1. The minimum absolute atomic E-state index is 0.372. The molecule has 0 aliphatic rings. The molecule has 0 aliphatic heterocycles. The van der Waals surface area contributed by atoms with Crippen LogP contribution in [-0.2, 0) is 10.2 Å². The zero-order chi connectivity index (χ0) is 17.8. The van der Waals surface area contributed by atoms with Crippen LogP contribution in [0, 0.1) is 0 Å². The summed E-state index contributed by atoms with van der Waals surface area (Å²) in [5.74, 6) is 0. The Morgan fingerprint density at radius 1 is 1.25 bits per heavy atom. The third-order valence-electron chi connectivity index (χ3n) is 3.78. The first-order valence-corrected chi connectivity index (χ1v) is 8.02. The fourth-order valence-electron chi connectivity index (χ4n) is 2.45. The zero-order valence-corrected chi connectivity index (χ0v) is 14.7. The second-order valence-electron chi connectivity index (χ2n) is 7.09. The van der Waals surface area contributed by atoms with Crippen LogP contribution in [-0.4, -0.2) is 34.6 Å². The van der Waals surface area contributed by atoms with Crippen molar-refractivity contribution < 1.29 is 9.53 Å². The molecule has 1 atom stereocenters. The number of aromatic nitrogens is 2. The van der Waals surface area contributed by atoms with Crippen LogP contribution in [0.25, 0.3) is 5.69 Å². The molecule has 0 bridgehead atoms. The monoisotopic (exact) mass is 330 g/mol. The molecule has 1 amide bonds. The highest BCUT2D eigenvalue weighted by atomic mass is 16.6. The van der Waals surface area contributed by atoms with Crippen LogP contribution in [0.15, 0.2) is 42.7 Å². The topological polar surface area (TPSA) is 82.2 Å². The van der Waals surface area contributed by atoms with Crippen molar-refractivity contribution in [2.75, 3.05) is 13.1 Å². The molecule has 0 saturated carbocycles. The molecule has 0 saturated heterocycles. The molecular weight excluding hydrogens is 304 g/mol. The van der Waals surface area contributed by atoms with E-state index in [-0.39, 0.29) is 0 Å². The van der Waals surface area contributed by atoms with Crippen LogP contribution < -0.4 is 11.1 Å². The maximum atomic E-state index is 12.0. The fraction of sp³-hybridized carbons (Fsp3) is 0.444. The number of hydrogen-bond donors (Lipinski definition) is 2. The minimum Gasteiger partial charge on any atom is -0.444 e. The van der Waals surface area contributed by atoms with Crippen LogP contribution in [0.5, 0.6) is 0 Å². The highest BCUT2D eigenvalue weighted by Crippen LogP contribution is 2.28. The maximum absolute atomic E-state index is 12.0. The summed E-state index contributed by atoms with van der Waals surface area (Å²) in [6.45, 7) is 8.27. The Balaban J connectivity index is 2.23. The average molecular weight is 330 g/mol. The maximum Gasteiger partial charge on any atom is 0.407 e. The molecule has 6 heteroatoms. The second kappa shape index (κ2) is 7.05. The molecule has 2 rings (SSSR count). The Labute approximate surface area is 143 Å². The first kappa shape index (κ1) is 18.0. The molecule has 24 heavy (non-hydrogen) atoms. The Hall–Kier alpha value is -2.34. The van der Waals surface area contributed by atoms with E-state index < -0.39 is 17.1 Å². The van der Waals surface area contributed by atoms with Crippen LogP contribution in [0.1, 0.15) is 33.3 Å². The van der Waals surface area contributed by atoms with Crippen molar-refractivity contribution in [2.24, 2.45) is 5.73 Å². The van der Waals surface area contributed by atoms with Crippen molar-refractivity contribution in [3.05, 3.63) is 48.3 Å². The molecular formula is C18H26N4O2. The molecule has 0 fully saturated rings. The van der Waals surface area contributed by atoms with Gasteiger partial charge in [0, 0.05) is 30.9 Å². The van der Waals surface area contributed by atoms with Gasteiger partial charge < -0.3 is 15.8 Å². The molecule has 2 aromatic rings. The van der Waals surface area contributed by atoms with Gasteiger partial charge in [0.1, 0.15) is 5.60 Å². The number of carbonyl (C=O) groups is 1. The van der Waals surface area contributed by atoms with Crippen molar-refractivity contribution in [1.82, 2.24) is 15.1 Å². The molecule has 0 spiro atoms. The first-order valence-electron chi connectivity index (χ1n) is 8.02. The van der Waals surface area contributed by atoms with E-state index in [4.69, 9.17) is 10.5 Å². The zero-order valence-electron chi connectivity index (χ0n) is 14.7. The Morgan fingerprint density at radius 3 is 2.54 bits per heavy atom. The lowest BCUT2D eigenvalue weighted by molar-refractivity contribution is 0.0516. The highest BCUT2D eigenvalue weighted by molar-refractivity contribution is 5.68. The molecule has 0 radical (unpaired) electrons. The van der Waals surface area contributed by atoms with E-state index in [1.165, 1.54) is 0 Å². The van der Waals surface area contributed by atoms with E-state index in [2.05, 4.69) is 10.4 Å². The summed E-state index contributed by atoms with van der Waals surface area (Å²) in [7, 11) is 0. The minimum atomic E-state index is -0.532. The number of benzene rings is 1. The van der Waals surface area contributed by atoms with Crippen LogP contribution >= 0.6 is 0 Å². The number of alkyl carbamates (subject to hydrolysis) is 1. The van der Waals surface area contributed by atoms with Gasteiger partial charge in [-0.25, -0.2) is 9.48 Å². The van der Waals surface area contributed by atoms with Crippen molar-refractivity contribution in [3.63, 3.8) is 0 Å². The van der Waals surface area contributed by atoms with Gasteiger partial charge in [-0.2, -0.15) is 5.10 Å². The summed E-state index contributed by atoms with van der Waals surface area (Å²) in [4.78, 5) is 12.0. The van der Waals surface area contributed by atoms with Crippen LogP contribution in [0.4, 0.5) is 4.79 Å². The predicted molar refractivity (Wildman–Crippen MR) is 94.2 cm³/mol. The Bertz CT molecular complexity index is 677. The average Bonchev–Trinajstić information content (AvgIpc) is 3.05. The summed E-state index contributed by atoms with van der Waals surface area (Å²) < 4.78 is 7.11. The Kier molecular flexibility index (Phi) is 5.29. The van der Waals surface area contributed by atoms with E-state index in [0.29, 0.717) is 13.1 Å². The fourth-order valence-corrected chi connectivity index (χ4v) is 2.45. The third-order valence-corrected chi connectivity index (χ3v) is 3.78. The Morgan fingerprint density at radius 2 is 1.96 bits per heavy atom. The number of nitrogens with one attached hydrogen (secondary N) is 1. The van der Waals surface area contributed by atoms with E-state index in [1.807, 2.05) is 64.2 Å². The predicted octanol–water partition coefficient (Wildman–Crippen LogP) is 2.61. The highest BCUT2D eigenvalue weighted by Gasteiger charge is 2.29. The summed E-state index contributed by atoms with van der Waals surface area (Å²) in [5.41, 5.74) is 7.04. The lowest BCUT2D eigenvalue weighted by Crippen LogP contribution is -2.45. The molecule has 1 heterocycles. The van der Waals surface area contributed by atoms with Gasteiger partial charge in [-0.1, -0.05) is 25.1 Å². The van der Waals surface area contributed by atoms with Crippen molar-refractivity contribution >= 4 is 6.09 Å². The van der Waals surface area contributed by atoms with Gasteiger partial charge in [-0.3, -0.25) is 0 Å². The summed E-state index contributed by atoms with van der Waals surface area (Å²) >= 11 is 0. The standard InChI is InChI=1S/C18H26N4O2/c1-17(2,3)24-16(23)20-13-18(4,12-19)14-8-5-6-9-15(14)22-11-7-10-21-22/h5-11H,12-13,19H2,1-4H3,(H,20,23). The summed E-state index contributed by atoms with van der Waals surface area (Å²) in [6, 6.07) is 9.79. The van der Waals surface area contributed by atoms with Gasteiger partial charge in [0.05, 0.1) is 5.69 Å². The normalized spacial score (nSPS) is 14.0. The lowest BCUT2D eigenvalue weighted by Gasteiger charge is -2.31. The molecule has 1 aromatic carbocycles. The molecule has 0 aliphatic carbocycles. The van der Waals surface area contributed by atoms with E-state index >= 15 is 0 Å². The molecule has 6 nitrogen and oxygen atoms in total. The van der Waals surface area contributed by atoms with E-state index in [0.717, 1.165) is 11.3 Å². The van der Waals surface area contributed by atoms with Crippen LogP contribution in [0.3, 0.4) is 0 Å². The van der Waals surface area contributed by atoms with Gasteiger partial charge in [-0.15, -0.1) is 0 Å². The number of para-hydroxylation sites is 1. The number of nitrogens with zero attached hydrogens (tertiary/aromatic N) is 2. The van der Waals surface area contributed by atoms with Gasteiger partial charge >= 0.3 is 6.09 Å². The van der Waals surface area contributed by atoms with Crippen molar-refractivity contribution in [1.29, 1.82) is 0 Å². The number of ether oxygens (including phenoxy) is 1. The van der Waals surface area contributed by atoms with Crippen molar-refractivity contribution in [2.45, 2.75) is 38.7 Å². The molecule has 1 unspecified atom stereocenters. The summed E-state index contributed by atoms with van der Waals surface area (Å²) in [6.07, 6.45) is 3.17. The van der Waals surface area contributed by atoms with E-state index in [1.54, 1.807) is 10.9 Å². The quantitative estimate of drug-likeness (QED) is 0.883. The van der Waals surface area contributed by atoms with Gasteiger partial charge in [0.25, 0.3) is 0 Å². The summed E-state index contributed by atoms with van der Waals surface area (Å²) in [5, 5.41) is 7.13. The van der Waals surface area contributed by atoms with Gasteiger partial charge in [0.15, 0.2) is 0 Å². The third kappa shape index (κ3) is 4.35. The van der Waals surface area contributed by atoms with E-state index in [9.17, 15) is 4.79 Å². The number of amides is 1. The van der Waals surface area contributed by atoms with Crippen LogP contribution in [0.2, 0.25) is 0 Å². The van der Waals surface area contributed by atoms with Crippen molar-refractivity contribution in [3.8, 4) is 5.69 Å². The number of hydrogen-bond acceptors (Lipinski definition) is 4. The smallest absolute Gasteiger partial charge is 0.407 e. The van der Waals surface area contributed by atoms with Gasteiger partial charge in [0.2, 0.25) is 0 Å². The number of rotatable bonds is 5. The number of carbonyl (C=O) groups excluding carboxylic acids is 1. The second-order valence-corrected chi connectivity index (χ2v) is 7.09. The molecule has 1 aromatic heterocycles. The molecule has 130 valence electrons.